The van der Waals surface area contributed by atoms with E-state index >= 15 is 0 Å². The molecule has 0 saturated carbocycles. The molecule has 0 aliphatic heterocycles. The third-order valence-electron chi connectivity index (χ3n) is 3.65. The lowest BCUT2D eigenvalue weighted by Gasteiger charge is -2.12. The standard InChI is InChI=1S/C18H21BrN2O2/c1-13(17-4-3-11-23-17)12-16(20-2)18(22)21-10-9-14-5-7-15(19)8-6-14/h3-5,7,11-12H,6,8-10H2,1-2H3,(H,21,22)/b13-12+,20-16?. The molecule has 122 valence electrons. The van der Waals surface area contributed by atoms with E-state index in [1.807, 2.05) is 19.1 Å². The van der Waals surface area contributed by atoms with Crippen LogP contribution >= 0.6 is 15.9 Å². The second kappa shape index (κ2) is 8.67. The van der Waals surface area contributed by atoms with Gasteiger partial charge in [0.2, 0.25) is 0 Å². The van der Waals surface area contributed by atoms with Gasteiger partial charge < -0.3 is 9.73 Å². The number of nitrogens with zero attached hydrogens (tertiary/aromatic N) is 1. The smallest absolute Gasteiger partial charge is 0.269 e. The minimum Gasteiger partial charge on any atom is -0.465 e. The van der Waals surface area contributed by atoms with Gasteiger partial charge in [0.25, 0.3) is 5.91 Å². The van der Waals surface area contributed by atoms with Gasteiger partial charge in [-0.25, -0.2) is 0 Å². The summed E-state index contributed by atoms with van der Waals surface area (Å²) in [4.78, 5) is 16.3. The zero-order valence-corrected chi connectivity index (χ0v) is 15.0. The number of halogens is 1. The van der Waals surface area contributed by atoms with Crippen LogP contribution < -0.4 is 5.32 Å². The van der Waals surface area contributed by atoms with E-state index in [-0.39, 0.29) is 5.91 Å². The van der Waals surface area contributed by atoms with Gasteiger partial charge in [-0.05, 0) is 54.5 Å². The summed E-state index contributed by atoms with van der Waals surface area (Å²) in [5.74, 6) is 0.579. The van der Waals surface area contributed by atoms with E-state index in [2.05, 4.69) is 38.4 Å². The molecule has 5 heteroatoms. The zero-order chi connectivity index (χ0) is 16.7. The molecule has 0 atom stereocenters. The SMILES string of the molecule is CN=C(/C=C(\C)c1ccco1)C(=O)NCCC1=CC=C(Br)CC1. The fourth-order valence-corrected chi connectivity index (χ4v) is 2.63. The predicted molar refractivity (Wildman–Crippen MR) is 97.7 cm³/mol. The average molecular weight is 377 g/mol. The van der Waals surface area contributed by atoms with E-state index in [1.165, 1.54) is 10.1 Å². The van der Waals surface area contributed by atoms with Crippen molar-refractivity contribution in [1.29, 1.82) is 0 Å². The molecular formula is C18H21BrN2O2. The highest BCUT2D eigenvalue weighted by Gasteiger charge is 2.10. The molecule has 0 radical (unpaired) electrons. The third-order valence-corrected chi connectivity index (χ3v) is 4.31. The lowest BCUT2D eigenvalue weighted by Crippen LogP contribution is -2.31. The number of rotatable bonds is 6. The van der Waals surface area contributed by atoms with Crippen LogP contribution in [-0.4, -0.2) is 25.2 Å². The number of hydrogen-bond donors (Lipinski definition) is 1. The predicted octanol–water partition coefficient (Wildman–Crippen LogP) is 4.26. The molecule has 1 amide bonds. The second-order valence-corrected chi connectivity index (χ2v) is 6.38. The Kier molecular flexibility index (Phi) is 6.59. The molecule has 0 fully saturated rings. The van der Waals surface area contributed by atoms with Gasteiger partial charge in [0.05, 0.1) is 6.26 Å². The van der Waals surface area contributed by atoms with Crippen molar-refractivity contribution < 1.29 is 9.21 Å². The molecule has 0 bridgehead atoms. The van der Waals surface area contributed by atoms with Crippen molar-refractivity contribution in [3.63, 3.8) is 0 Å². The van der Waals surface area contributed by atoms with Crippen molar-refractivity contribution in [2.75, 3.05) is 13.6 Å². The normalized spacial score (nSPS) is 16.0. The number of aliphatic imine (C=N–C) groups is 1. The van der Waals surface area contributed by atoms with Crippen molar-refractivity contribution in [3.8, 4) is 0 Å². The summed E-state index contributed by atoms with van der Waals surface area (Å²) in [5.41, 5.74) is 2.63. The molecule has 23 heavy (non-hydrogen) atoms. The van der Waals surface area contributed by atoms with Crippen LogP contribution in [0.4, 0.5) is 0 Å². The number of amides is 1. The minimum atomic E-state index is -0.161. The van der Waals surface area contributed by atoms with Gasteiger partial charge in [-0.3, -0.25) is 9.79 Å². The zero-order valence-electron chi connectivity index (χ0n) is 13.4. The van der Waals surface area contributed by atoms with Gasteiger partial charge in [-0.2, -0.15) is 0 Å². The Bertz CT molecular complexity index is 667. The quantitative estimate of drug-likeness (QED) is 0.754. The summed E-state index contributed by atoms with van der Waals surface area (Å²) in [6, 6.07) is 3.68. The molecule has 0 spiro atoms. The summed E-state index contributed by atoms with van der Waals surface area (Å²) in [5, 5.41) is 2.92. The van der Waals surface area contributed by atoms with Crippen LogP contribution in [0.5, 0.6) is 0 Å². The molecule has 1 N–H and O–H groups in total. The summed E-state index contributed by atoms with van der Waals surface area (Å²) < 4.78 is 6.54. The molecule has 2 rings (SSSR count). The lowest BCUT2D eigenvalue weighted by atomic mass is 10.0. The van der Waals surface area contributed by atoms with Gasteiger partial charge >= 0.3 is 0 Å². The Balaban J connectivity index is 1.87. The molecular weight excluding hydrogens is 356 g/mol. The van der Waals surface area contributed by atoms with Gasteiger partial charge in [0, 0.05) is 13.6 Å². The fourth-order valence-electron chi connectivity index (χ4n) is 2.30. The molecule has 1 aromatic rings. The van der Waals surface area contributed by atoms with Crippen LogP contribution in [0.3, 0.4) is 0 Å². The van der Waals surface area contributed by atoms with Gasteiger partial charge in [0.1, 0.15) is 11.5 Å². The summed E-state index contributed by atoms with van der Waals surface area (Å²) in [6.07, 6.45) is 10.5. The van der Waals surface area contributed by atoms with Gasteiger partial charge in [-0.1, -0.05) is 33.7 Å². The highest BCUT2D eigenvalue weighted by molar-refractivity contribution is 9.11. The molecule has 4 nitrogen and oxygen atoms in total. The third kappa shape index (κ3) is 5.36. The maximum absolute atomic E-state index is 12.2. The van der Waals surface area contributed by atoms with Gasteiger partial charge in [-0.15, -0.1) is 0 Å². The van der Waals surface area contributed by atoms with Crippen LogP contribution in [0.15, 0.2) is 56.1 Å². The monoisotopic (exact) mass is 376 g/mol. The van der Waals surface area contributed by atoms with Gasteiger partial charge in [0.15, 0.2) is 0 Å². The summed E-state index contributed by atoms with van der Waals surface area (Å²) in [7, 11) is 1.62. The van der Waals surface area contributed by atoms with E-state index in [0.717, 1.165) is 30.6 Å². The number of allylic oxidation sites excluding steroid dienone is 4. The fraction of sp³-hybridized carbons (Fsp3) is 0.333. The molecule has 0 aromatic carbocycles. The van der Waals surface area contributed by atoms with E-state index in [9.17, 15) is 4.79 Å². The molecule has 0 saturated heterocycles. The first-order valence-corrected chi connectivity index (χ1v) is 8.40. The van der Waals surface area contributed by atoms with Crippen LogP contribution in [-0.2, 0) is 4.79 Å². The van der Waals surface area contributed by atoms with Crippen molar-refractivity contribution in [1.82, 2.24) is 5.32 Å². The van der Waals surface area contributed by atoms with Crippen molar-refractivity contribution in [2.45, 2.75) is 26.2 Å². The van der Waals surface area contributed by atoms with E-state index in [0.29, 0.717) is 12.3 Å². The molecule has 1 aliphatic carbocycles. The van der Waals surface area contributed by atoms with Crippen LogP contribution in [0.25, 0.3) is 5.57 Å². The van der Waals surface area contributed by atoms with E-state index in [4.69, 9.17) is 4.42 Å². The maximum Gasteiger partial charge on any atom is 0.269 e. The summed E-state index contributed by atoms with van der Waals surface area (Å²) in [6.45, 7) is 2.51. The molecule has 1 aliphatic rings. The topological polar surface area (TPSA) is 54.6 Å². The first kappa shape index (κ1) is 17.5. The Hall–Kier alpha value is -1.88. The largest absolute Gasteiger partial charge is 0.465 e. The van der Waals surface area contributed by atoms with Crippen molar-refractivity contribution in [2.24, 2.45) is 4.99 Å². The Morgan fingerprint density at radius 2 is 2.26 bits per heavy atom. The maximum atomic E-state index is 12.2. The average Bonchev–Trinajstić information content (AvgIpc) is 3.08. The number of carbonyl (C=O) groups is 1. The van der Waals surface area contributed by atoms with Crippen LogP contribution in [0.2, 0.25) is 0 Å². The number of nitrogens with one attached hydrogen (secondary N) is 1. The molecule has 1 aromatic heterocycles. The van der Waals surface area contributed by atoms with Crippen LogP contribution in [0.1, 0.15) is 31.9 Å². The summed E-state index contributed by atoms with van der Waals surface area (Å²) >= 11 is 3.49. The highest BCUT2D eigenvalue weighted by atomic mass is 79.9. The minimum absolute atomic E-state index is 0.161. The number of furan rings is 1. The second-order valence-electron chi connectivity index (χ2n) is 5.36. The Labute approximate surface area is 145 Å². The first-order chi connectivity index (χ1) is 11.1. The van der Waals surface area contributed by atoms with E-state index < -0.39 is 0 Å². The number of carbonyl (C=O) groups excluding carboxylic acids is 1. The van der Waals surface area contributed by atoms with Crippen LogP contribution in [0, 0.1) is 0 Å². The Morgan fingerprint density at radius 1 is 1.43 bits per heavy atom. The lowest BCUT2D eigenvalue weighted by molar-refractivity contribution is -0.114. The Morgan fingerprint density at radius 3 is 2.87 bits per heavy atom. The molecule has 1 heterocycles. The van der Waals surface area contributed by atoms with E-state index in [1.54, 1.807) is 19.4 Å². The number of hydrogen-bond acceptors (Lipinski definition) is 3. The molecule has 0 unspecified atom stereocenters. The van der Waals surface area contributed by atoms with Crippen molar-refractivity contribution in [3.05, 3.63) is 52.4 Å². The first-order valence-electron chi connectivity index (χ1n) is 7.61. The van der Waals surface area contributed by atoms with Crippen molar-refractivity contribution >= 4 is 33.1 Å². The highest BCUT2D eigenvalue weighted by Crippen LogP contribution is 2.23.